The van der Waals surface area contributed by atoms with Crippen LogP contribution in [0.3, 0.4) is 0 Å². The van der Waals surface area contributed by atoms with Crippen molar-refractivity contribution in [2.45, 2.75) is 266 Å². The van der Waals surface area contributed by atoms with Crippen molar-refractivity contribution in [3.05, 3.63) is 0 Å². The first-order valence-corrected chi connectivity index (χ1v) is 28.5. The zero-order valence-electron chi connectivity index (χ0n) is 44.3. The van der Waals surface area contributed by atoms with Crippen molar-refractivity contribution in [1.82, 2.24) is 24.5 Å². The quantitative estimate of drug-likeness (QED) is 0.0570. The van der Waals surface area contributed by atoms with Crippen LogP contribution in [0.4, 0.5) is 0 Å². The summed E-state index contributed by atoms with van der Waals surface area (Å²) in [5.41, 5.74) is 0. The summed E-state index contributed by atoms with van der Waals surface area (Å²) in [5.74, 6) is 0.460. The lowest BCUT2D eigenvalue weighted by molar-refractivity contribution is -0.131. The van der Waals surface area contributed by atoms with Gasteiger partial charge in [0.05, 0.1) is 13.1 Å². The summed E-state index contributed by atoms with van der Waals surface area (Å²) in [6.45, 7) is 21.4. The van der Waals surface area contributed by atoms with E-state index in [1.807, 2.05) is 23.9 Å². The molecule has 0 saturated carbocycles. The number of carbonyl (C=O) groups excluding carboxylic acids is 2. The third-order valence-corrected chi connectivity index (χ3v) is 13.7. The van der Waals surface area contributed by atoms with Gasteiger partial charge >= 0.3 is 0 Å². The smallest absolute Gasteiger partial charge is 0.236 e. The van der Waals surface area contributed by atoms with E-state index in [2.05, 4.69) is 49.3 Å². The van der Waals surface area contributed by atoms with E-state index in [4.69, 9.17) is 0 Å². The molecule has 0 unspecified atom stereocenters. The number of likely N-dealkylation sites (N-methyl/N-ethyl adjacent to an activating group) is 2. The Hall–Kier alpha value is -1.18. The molecule has 0 rings (SSSR count). The predicted molar refractivity (Wildman–Crippen MR) is 279 cm³/mol. The Kier molecular flexibility index (Phi) is 47.8. The van der Waals surface area contributed by atoms with E-state index in [0.717, 1.165) is 39.1 Å². The minimum atomic E-state index is 0.230. The SMILES string of the molecule is CCCCCCCCCN(CCCCCCCCC)CCN(CCCCCCCCC)CC(=O)N(C)CCCN(C)C(=O)CN(CCCCCCCCC)CCCCCCCCC. The number of hydrogen-bond donors (Lipinski definition) is 0. The molecule has 0 bridgehead atoms. The van der Waals surface area contributed by atoms with Gasteiger partial charge in [0.15, 0.2) is 0 Å². The van der Waals surface area contributed by atoms with Crippen molar-refractivity contribution in [2.75, 3.05) is 86.1 Å². The highest BCUT2D eigenvalue weighted by Crippen LogP contribution is 2.14. The first kappa shape index (κ1) is 61.8. The van der Waals surface area contributed by atoms with Crippen LogP contribution in [0.25, 0.3) is 0 Å². The third-order valence-electron chi connectivity index (χ3n) is 13.7. The van der Waals surface area contributed by atoms with E-state index in [0.29, 0.717) is 26.2 Å². The Morgan fingerprint density at radius 2 is 0.444 bits per heavy atom. The summed E-state index contributed by atoms with van der Waals surface area (Å²) in [6, 6.07) is 0. The average Bonchev–Trinajstić information content (AvgIpc) is 3.28. The minimum absolute atomic E-state index is 0.230. The topological polar surface area (TPSA) is 50.3 Å². The van der Waals surface area contributed by atoms with Gasteiger partial charge in [-0.05, 0) is 71.2 Å². The second kappa shape index (κ2) is 48.7. The molecule has 0 aromatic heterocycles. The standard InChI is InChI=1S/C56H115N5O2/c1-8-13-18-23-28-33-38-46-59(47-39-34-29-24-19-14-9-2)51-52-61(50-42-37-32-27-22-17-12-5)54-56(63)58(7)45-43-44-57(6)55(62)53-60(48-40-35-30-25-20-15-10-3)49-41-36-31-26-21-16-11-4/h8-54H2,1-7H3. The largest absolute Gasteiger partial charge is 0.345 e. The van der Waals surface area contributed by atoms with Crippen LogP contribution in [0, 0.1) is 0 Å². The fourth-order valence-corrected chi connectivity index (χ4v) is 9.04. The lowest BCUT2D eigenvalue weighted by Crippen LogP contribution is -2.43. The lowest BCUT2D eigenvalue weighted by atomic mass is 10.1. The summed E-state index contributed by atoms with van der Waals surface area (Å²) in [7, 11) is 3.95. The Bertz CT molecular complexity index is 913. The second-order valence-corrected chi connectivity index (χ2v) is 20.0. The van der Waals surface area contributed by atoms with Gasteiger partial charge in [0.2, 0.25) is 11.8 Å². The highest BCUT2D eigenvalue weighted by molar-refractivity contribution is 5.78. The summed E-state index contributed by atoms with van der Waals surface area (Å²) < 4.78 is 0. The maximum Gasteiger partial charge on any atom is 0.236 e. The molecule has 0 N–H and O–H groups in total. The summed E-state index contributed by atoms with van der Waals surface area (Å²) in [5, 5.41) is 0. The Morgan fingerprint density at radius 1 is 0.238 bits per heavy atom. The molecule has 0 spiro atoms. The predicted octanol–water partition coefficient (Wildman–Crippen LogP) is 15.0. The summed E-state index contributed by atoms with van der Waals surface area (Å²) >= 11 is 0. The van der Waals surface area contributed by atoms with E-state index in [9.17, 15) is 9.59 Å². The molecule has 7 heteroatoms. The molecule has 0 heterocycles. The lowest BCUT2D eigenvalue weighted by Gasteiger charge is -2.29. The molecule has 0 saturated heterocycles. The van der Waals surface area contributed by atoms with Crippen LogP contribution in [-0.2, 0) is 9.59 Å². The number of hydrogen-bond acceptors (Lipinski definition) is 5. The van der Waals surface area contributed by atoms with Gasteiger partial charge in [-0.15, -0.1) is 0 Å². The highest BCUT2D eigenvalue weighted by Gasteiger charge is 2.18. The van der Waals surface area contributed by atoms with Gasteiger partial charge in [0, 0.05) is 40.3 Å². The van der Waals surface area contributed by atoms with Crippen molar-refractivity contribution in [1.29, 1.82) is 0 Å². The fourth-order valence-electron chi connectivity index (χ4n) is 9.04. The molecule has 0 radical (unpaired) electrons. The van der Waals surface area contributed by atoms with E-state index < -0.39 is 0 Å². The zero-order chi connectivity index (χ0) is 46.3. The number of carbonyl (C=O) groups is 2. The Morgan fingerprint density at radius 3 is 0.714 bits per heavy atom. The van der Waals surface area contributed by atoms with E-state index in [1.54, 1.807) is 0 Å². The number of rotatable bonds is 51. The van der Waals surface area contributed by atoms with Crippen molar-refractivity contribution < 1.29 is 9.59 Å². The average molecular weight is 891 g/mol. The molecule has 0 aliphatic heterocycles. The van der Waals surface area contributed by atoms with Crippen molar-refractivity contribution in [3.8, 4) is 0 Å². The fraction of sp³-hybridized carbons (Fsp3) is 0.964. The molecule has 0 aliphatic carbocycles. The van der Waals surface area contributed by atoms with Gasteiger partial charge in [-0.1, -0.05) is 227 Å². The maximum absolute atomic E-state index is 13.8. The normalized spacial score (nSPS) is 11.8. The van der Waals surface area contributed by atoms with Gasteiger partial charge in [-0.2, -0.15) is 0 Å². The van der Waals surface area contributed by atoms with Gasteiger partial charge in [-0.25, -0.2) is 0 Å². The Labute approximate surface area is 396 Å². The van der Waals surface area contributed by atoms with Gasteiger partial charge in [0.25, 0.3) is 0 Å². The van der Waals surface area contributed by atoms with Gasteiger partial charge < -0.3 is 14.7 Å². The summed E-state index contributed by atoms with van der Waals surface area (Å²) in [6.07, 6.45) is 47.2. The van der Waals surface area contributed by atoms with Crippen LogP contribution in [0.5, 0.6) is 0 Å². The summed E-state index contributed by atoms with van der Waals surface area (Å²) in [4.78, 5) is 38.8. The maximum atomic E-state index is 13.8. The molecule has 7 nitrogen and oxygen atoms in total. The number of unbranched alkanes of at least 4 members (excludes halogenated alkanes) is 30. The first-order chi connectivity index (χ1) is 30.8. The molecular formula is C56H115N5O2. The molecule has 0 aromatic carbocycles. The van der Waals surface area contributed by atoms with Gasteiger partial charge in [-0.3, -0.25) is 19.4 Å². The van der Waals surface area contributed by atoms with E-state index >= 15 is 0 Å². The van der Waals surface area contributed by atoms with Crippen LogP contribution >= 0.6 is 0 Å². The molecule has 0 fully saturated rings. The van der Waals surface area contributed by atoms with Crippen LogP contribution in [0.1, 0.15) is 266 Å². The molecule has 376 valence electrons. The van der Waals surface area contributed by atoms with Crippen LogP contribution in [0.15, 0.2) is 0 Å². The Balaban J connectivity index is 5.22. The van der Waals surface area contributed by atoms with Crippen molar-refractivity contribution in [2.24, 2.45) is 0 Å². The van der Waals surface area contributed by atoms with Crippen LogP contribution in [0.2, 0.25) is 0 Å². The molecule has 0 aromatic rings. The monoisotopic (exact) mass is 890 g/mol. The minimum Gasteiger partial charge on any atom is -0.345 e. The molecule has 0 aliphatic rings. The highest BCUT2D eigenvalue weighted by atomic mass is 16.2. The van der Waals surface area contributed by atoms with E-state index in [1.165, 1.54) is 238 Å². The van der Waals surface area contributed by atoms with Crippen LogP contribution in [-0.4, -0.2) is 122 Å². The number of nitrogens with zero attached hydrogens (tertiary/aromatic N) is 5. The van der Waals surface area contributed by atoms with Crippen molar-refractivity contribution >= 4 is 11.8 Å². The molecule has 2 amide bonds. The van der Waals surface area contributed by atoms with E-state index in [-0.39, 0.29) is 11.8 Å². The first-order valence-electron chi connectivity index (χ1n) is 28.5. The third kappa shape index (κ3) is 42.0. The zero-order valence-corrected chi connectivity index (χ0v) is 44.3. The van der Waals surface area contributed by atoms with Gasteiger partial charge in [0.1, 0.15) is 0 Å². The molecule has 0 atom stereocenters. The van der Waals surface area contributed by atoms with Crippen molar-refractivity contribution in [3.63, 3.8) is 0 Å². The molecule has 63 heavy (non-hydrogen) atoms. The second-order valence-electron chi connectivity index (χ2n) is 20.0. The molecular weight excluding hydrogens is 775 g/mol. The van der Waals surface area contributed by atoms with Crippen LogP contribution < -0.4 is 0 Å². The number of amides is 2.